The van der Waals surface area contributed by atoms with Crippen LogP contribution in [-0.2, 0) is 4.79 Å². The smallest absolute Gasteiger partial charge is 0.260 e. The fourth-order valence-corrected chi connectivity index (χ4v) is 3.00. The van der Waals surface area contributed by atoms with E-state index in [2.05, 4.69) is 0 Å². The summed E-state index contributed by atoms with van der Waals surface area (Å²) >= 11 is 0. The van der Waals surface area contributed by atoms with Gasteiger partial charge < -0.3 is 19.3 Å². The lowest BCUT2D eigenvalue weighted by Gasteiger charge is -2.34. The zero-order valence-corrected chi connectivity index (χ0v) is 15.8. The summed E-state index contributed by atoms with van der Waals surface area (Å²) in [6, 6.07) is 12.7. The second-order valence-electron chi connectivity index (χ2n) is 6.38. The number of hydrogen-bond donors (Lipinski definition) is 0. The molecule has 3 rings (SSSR count). The van der Waals surface area contributed by atoms with Gasteiger partial charge in [-0.2, -0.15) is 0 Å². The number of ether oxygens (including phenoxy) is 2. The van der Waals surface area contributed by atoms with Crippen LogP contribution in [0.1, 0.15) is 17.3 Å². The predicted octanol–water partition coefficient (Wildman–Crippen LogP) is 2.59. The first-order valence-corrected chi connectivity index (χ1v) is 9.25. The Hall–Kier alpha value is -3.09. The summed E-state index contributed by atoms with van der Waals surface area (Å²) in [5.74, 6) is 0.548. The van der Waals surface area contributed by atoms with Gasteiger partial charge in [0.25, 0.3) is 11.8 Å². The number of piperazine rings is 1. The molecule has 28 heavy (non-hydrogen) atoms. The van der Waals surface area contributed by atoms with Crippen LogP contribution in [0.2, 0.25) is 0 Å². The van der Waals surface area contributed by atoms with E-state index in [0.717, 1.165) is 5.75 Å². The quantitative estimate of drug-likeness (QED) is 0.766. The number of carbonyl (C=O) groups is 2. The van der Waals surface area contributed by atoms with Crippen molar-refractivity contribution >= 4 is 11.8 Å². The third-order valence-corrected chi connectivity index (χ3v) is 4.49. The highest BCUT2D eigenvalue weighted by Gasteiger charge is 2.25. The highest BCUT2D eigenvalue weighted by molar-refractivity contribution is 5.94. The average molecular weight is 386 g/mol. The van der Waals surface area contributed by atoms with E-state index in [1.165, 1.54) is 18.2 Å². The molecule has 0 radical (unpaired) electrons. The first-order valence-electron chi connectivity index (χ1n) is 9.25. The van der Waals surface area contributed by atoms with E-state index in [-0.39, 0.29) is 18.4 Å². The number of hydrogen-bond acceptors (Lipinski definition) is 4. The highest BCUT2D eigenvalue weighted by atomic mass is 19.1. The summed E-state index contributed by atoms with van der Waals surface area (Å²) in [4.78, 5) is 28.1. The zero-order chi connectivity index (χ0) is 19.9. The van der Waals surface area contributed by atoms with Gasteiger partial charge in [-0.25, -0.2) is 4.39 Å². The Morgan fingerprint density at radius 3 is 2.14 bits per heavy atom. The molecule has 0 saturated carbocycles. The van der Waals surface area contributed by atoms with E-state index < -0.39 is 5.82 Å². The number of benzene rings is 2. The average Bonchev–Trinajstić information content (AvgIpc) is 2.73. The molecule has 0 atom stereocenters. The van der Waals surface area contributed by atoms with Gasteiger partial charge in [0.05, 0.1) is 6.61 Å². The summed E-state index contributed by atoms with van der Waals surface area (Å²) in [5, 5.41) is 0. The van der Waals surface area contributed by atoms with Crippen LogP contribution in [-0.4, -0.2) is 61.0 Å². The van der Waals surface area contributed by atoms with Crippen molar-refractivity contribution in [2.75, 3.05) is 39.4 Å². The maximum atomic E-state index is 13.3. The van der Waals surface area contributed by atoms with Crippen molar-refractivity contribution in [3.8, 4) is 11.5 Å². The van der Waals surface area contributed by atoms with Crippen molar-refractivity contribution in [3.63, 3.8) is 0 Å². The summed E-state index contributed by atoms with van der Waals surface area (Å²) in [6.07, 6.45) is 0. The molecule has 0 bridgehead atoms. The van der Waals surface area contributed by atoms with Crippen molar-refractivity contribution in [2.45, 2.75) is 6.92 Å². The first-order chi connectivity index (χ1) is 13.6. The topological polar surface area (TPSA) is 59.1 Å². The molecule has 1 fully saturated rings. The van der Waals surface area contributed by atoms with E-state index in [1.807, 2.05) is 6.92 Å². The Labute approximate surface area is 163 Å². The van der Waals surface area contributed by atoms with Crippen LogP contribution >= 0.6 is 0 Å². The van der Waals surface area contributed by atoms with Gasteiger partial charge in [-0.1, -0.05) is 6.07 Å². The molecular weight excluding hydrogens is 363 g/mol. The maximum Gasteiger partial charge on any atom is 0.260 e. The van der Waals surface area contributed by atoms with Crippen LogP contribution in [0.25, 0.3) is 0 Å². The third kappa shape index (κ3) is 5.00. The van der Waals surface area contributed by atoms with Crippen LogP contribution in [0.3, 0.4) is 0 Å². The molecule has 0 unspecified atom stereocenters. The predicted molar refractivity (Wildman–Crippen MR) is 102 cm³/mol. The van der Waals surface area contributed by atoms with E-state index in [0.29, 0.717) is 44.1 Å². The highest BCUT2D eigenvalue weighted by Crippen LogP contribution is 2.18. The second kappa shape index (κ2) is 9.21. The Balaban J connectivity index is 1.46. The number of amides is 2. The van der Waals surface area contributed by atoms with Gasteiger partial charge >= 0.3 is 0 Å². The molecule has 1 aliphatic heterocycles. The molecule has 0 aromatic heterocycles. The summed E-state index contributed by atoms with van der Waals surface area (Å²) in [6.45, 7) is 4.10. The molecule has 1 saturated heterocycles. The lowest BCUT2D eigenvalue weighted by Crippen LogP contribution is -2.51. The van der Waals surface area contributed by atoms with Crippen molar-refractivity contribution in [1.29, 1.82) is 0 Å². The number of rotatable bonds is 6. The Morgan fingerprint density at radius 1 is 0.929 bits per heavy atom. The lowest BCUT2D eigenvalue weighted by atomic mass is 10.1. The fraction of sp³-hybridized carbons (Fsp3) is 0.333. The van der Waals surface area contributed by atoms with E-state index in [4.69, 9.17) is 9.47 Å². The third-order valence-electron chi connectivity index (χ3n) is 4.49. The van der Waals surface area contributed by atoms with Crippen molar-refractivity contribution in [3.05, 3.63) is 59.9 Å². The molecule has 0 aliphatic carbocycles. The van der Waals surface area contributed by atoms with Gasteiger partial charge in [-0.3, -0.25) is 9.59 Å². The van der Waals surface area contributed by atoms with Crippen molar-refractivity contribution in [1.82, 2.24) is 9.80 Å². The Bertz CT molecular complexity index is 817. The zero-order valence-electron chi connectivity index (χ0n) is 15.8. The largest absolute Gasteiger partial charge is 0.494 e. The fourth-order valence-electron chi connectivity index (χ4n) is 3.00. The molecule has 1 heterocycles. The van der Waals surface area contributed by atoms with Crippen LogP contribution in [0.5, 0.6) is 11.5 Å². The van der Waals surface area contributed by atoms with Gasteiger partial charge in [-0.05, 0) is 49.4 Å². The monoisotopic (exact) mass is 386 g/mol. The molecule has 148 valence electrons. The van der Waals surface area contributed by atoms with E-state index in [1.54, 1.807) is 40.1 Å². The maximum absolute atomic E-state index is 13.3. The van der Waals surface area contributed by atoms with Gasteiger partial charge in [0, 0.05) is 31.7 Å². The van der Waals surface area contributed by atoms with Crippen molar-refractivity contribution in [2.24, 2.45) is 0 Å². The SMILES string of the molecule is CCOc1ccc(OCC(=O)N2CCN(C(=O)c3cccc(F)c3)CC2)cc1. The summed E-state index contributed by atoms with van der Waals surface area (Å²) in [5.41, 5.74) is 0.318. The van der Waals surface area contributed by atoms with Crippen LogP contribution in [0, 0.1) is 5.82 Å². The number of nitrogens with zero attached hydrogens (tertiary/aromatic N) is 2. The van der Waals surface area contributed by atoms with Crippen LogP contribution in [0.15, 0.2) is 48.5 Å². The summed E-state index contributed by atoms with van der Waals surface area (Å²) < 4.78 is 24.2. The normalized spacial score (nSPS) is 13.9. The molecule has 6 nitrogen and oxygen atoms in total. The molecular formula is C21H23FN2O4. The molecule has 0 N–H and O–H groups in total. The molecule has 2 amide bonds. The first kappa shape index (κ1) is 19.7. The Kier molecular flexibility index (Phi) is 6.47. The molecule has 2 aromatic rings. The Morgan fingerprint density at radius 2 is 1.54 bits per heavy atom. The standard InChI is InChI=1S/C21H23FN2O4/c1-2-27-18-6-8-19(9-7-18)28-15-20(25)23-10-12-24(13-11-23)21(26)16-4-3-5-17(22)14-16/h3-9,14H,2,10-13,15H2,1H3. The van der Waals surface area contributed by atoms with Gasteiger partial charge in [0.1, 0.15) is 17.3 Å². The molecule has 2 aromatic carbocycles. The molecule has 7 heteroatoms. The van der Waals surface area contributed by atoms with Gasteiger partial charge in [0.2, 0.25) is 0 Å². The minimum Gasteiger partial charge on any atom is -0.494 e. The van der Waals surface area contributed by atoms with Gasteiger partial charge in [-0.15, -0.1) is 0 Å². The molecule has 1 aliphatic rings. The number of carbonyl (C=O) groups excluding carboxylic acids is 2. The van der Waals surface area contributed by atoms with Crippen molar-refractivity contribution < 1.29 is 23.5 Å². The lowest BCUT2D eigenvalue weighted by molar-refractivity contribution is -0.134. The minimum absolute atomic E-state index is 0.0637. The van der Waals surface area contributed by atoms with Crippen LogP contribution < -0.4 is 9.47 Å². The second-order valence-corrected chi connectivity index (χ2v) is 6.38. The summed E-state index contributed by atoms with van der Waals surface area (Å²) in [7, 11) is 0. The number of halogens is 1. The van der Waals surface area contributed by atoms with E-state index >= 15 is 0 Å². The van der Waals surface area contributed by atoms with E-state index in [9.17, 15) is 14.0 Å². The van der Waals surface area contributed by atoms with Gasteiger partial charge in [0.15, 0.2) is 6.61 Å². The molecule has 0 spiro atoms. The van der Waals surface area contributed by atoms with Crippen LogP contribution in [0.4, 0.5) is 4.39 Å². The minimum atomic E-state index is -0.439.